The number of carbonyl (C=O) groups excluding carboxylic acids is 1. The van der Waals surface area contributed by atoms with E-state index in [4.69, 9.17) is 9.47 Å². The first-order chi connectivity index (χ1) is 8.15. The number of rotatable bonds is 3. The van der Waals surface area contributed by atoms with Crippen molar-refractivity contribution in [1.82, 2.24) is 4.98 Å². The zero-order valence-corrected chi connectivity index (χ0v) is 10.3. The van der Waals surface area contributed by atoms with E-state index in [1.54, 1.807) is 6.20 Å². The van der Waals surface area contributed by atoms with Crippen LogP contribution >= 0.6 is 0 Å². The molecule has 2 rings (SSSR count). The van der Waals surface area contributed by atoms with Gasteiger partial charge in [0.1, 0.15) is 11.9 Å². The molecule has 0 bridgehead atoms. The maximum Gasteiger partial charge on any atom is 0.309 e. The van der Waals surface area contributed by atoms with Crippen molar-refractivity contribution >= 4 is 5.97 Å². The molecule has 0 saturated carbocycles. The van der Waals surface area contributed by atoms with Gasteiger partial charge in [-0.25, -0.2) is 0 Å². The molecule has 4 nitrogen and oxygen atoms in total. The van der Waals surface area contributed by atoms with Crippen molar-refractivity contribution in [3.63, 3.8) is 0 Å². The Kier molecular flexibility index (Phi) is 3.31. The maximum atomic E-state index is 11.8. The number of fused-ring (bicyclic) bond motifs is 1. The Labute approximate surface area is 101 Å². The fourth-order valence-corrected chi connectivity index (χ4v) is 2.31. The predicted molar refractivity (Wildman–Crippen MR) is 62.9 cm³/mol. The van der Waals surface area contributed by atoms with Crippen LogP contribution in [0.1, 0.15) is 32.4 Å². The van der Waals surface area contributed by atoms with Gasteiger partial charge in [-0.15, -0.1) is 0 Å². The topological polar surface area (TPSA) is 48.4 Å². The summed E-state index contributed by atoms with van der Waals surface area (Å²) < 4.78 is 10.8. The number of nitrogens with zero attached hydrogens (tertiary/aromatic N) is 1. The van der Waals surface area contributed by atoms with Crippen molar-refractivity contribution in [1.29, 1.82) is 0 Å². The summed E-state index contributed by atoms with van der Waals surface area (Å²) in [4.78, 5) is 16.1. The van der Waals surface area contributed by atoms with E-state index in [2.05, 4.69) is 4.98 Å². The molecule has 0 radical (unpaired) electrons. The van der Waals surface area contributed by atoms with Crippen LogP contribution in [-0.2, 0) is 9.53 Å². The van der Waals surface area contributed by atoms with Gasteiger partial charge in [0.25, 0.3) is 0 Å². The molecule has 1 aliphatic heterocycles. The number of aromatic nitrogens is 1. The first kappa shape index (κ1) is 11.9. The van der Waals surface area contributed by atoms with E-state index in [9.17, 15) is 4.79 Å². The average molecular weight is 235 g/mol. The summed E-state index contributed by atoms with van der Waals surface area (Å²) >= 11 is 0. The maximum absolute atomic E-state index is 11.8. The SMILES string of the molecule is CCOC(=O)[C@H](C)[C@H]1c2ncccc2O[C@@H]1C. The number of hydrogen-bond donors (Lipinski definition) is 0. The van der Waals surface area contributed by atoms with Gasteiger partial charge in [-0.3, -0.25) is 9.78 Å². The van der Waals surface area contributed by atoms with E-state index >= 15 is 0 Å². The van der Waals surface area contributed by atoms with Crippen molar-refractivity contribution in [2.75, 3.05) is 6.61 Å². The summed E-state index contributed by atoms with van der Waals surface area (Å²) in [5.41, 5.74) is 0.862. The monoisotopic (exact) mass is 235 g/mol. The van der Waals surface area contributed by atoms with Gasteiger partial charge in [0.2, 0.25) is 0 Å². The average Bonchev–Trinajstić information content (AvgIpc) is 2.64. The number of pyridine rings is 1. The highest BCUT2D eigenvalue weighted by molar-refractivity contribution is 5.73. The number of ether oxygens (including phenoxy) is 2. The third-order valence-electron chi connectivity index (χ3n) is 3.13. The van der Waals surface area contributed by atoms with Gasteiger partial charge in [0.05, 0.1) is 24.1 Å². The molecular weight excluding hydrogens is 218 g/mol. The molecule has 0 spiro atoms. The zero-order chi connectivity index (χ0) is 12.4. The molecule has 1 aliphatic rings. The van der Waals surface area contributed by atoms with Crippen LogP contribution in [0.3, 0.4) is 0 Å². The molecule has 92 valence electrons. The molecule has 0 fully saturated rings. The van der Waals surface area contributed by atoms with Gasteiger partial charge in [-0.05, 0) is 26.0 Å². The number of carbonyl (C=O) groups is 1. The highest BCUT2D eigenvalue weighted by Crippen LogP contribution is 2.41. The highest BCUT2D eigenvalue weighted by Gasteiger charge is 2.39. The van der Waals surface area contributed by atoms with Crippen molar-refractivity contribution in [3.8, 4) is 5.75 Å². The second-order valence-electron chi connectivity index (χ2n) is 4.28. The first-order valence-electron chi connectivity index (χ1n) is 5.93. The van der Waals surface area contributed by atoms with Crippen LogP contribution in [0.5, 0.6) is 5.75 Å². The van der Waals surface area contributed by atoms with Crippen LogP contribution < -0.4 is 4.74 Å². The standard InChI is InChI=1S/C13H17NO3/c1-4-16-13(15)8(2)11-9(3)17-10-6-5-7-14-12(10)11/h5-9,11H,4H2,1-3H3/t8-,9-,11-/m1/s1. The fraction of sp³-hybridized carbons (Fsp3) is 0.538. The molecule has 17 heavy (non-hydrogen) atoms. The van der Waals surface area contributed by atoms with Crippen LogP contribution in [0.4, 0.5) is 0 Å². The summed E-state index contributed by atoms with van der Waals surface area (Å²) in [5.74, 6) is 0.332. The van der Waals surface area contributed by atoms with Gasteiger partial charge in [-0.1, -0.05) is 6.92 Å². The van der Waals surface area contributed by atoms with Crippen molar-refractivity contribution in [2.45, 2.75) is 32.8 Å². The lowest BCUT2D eigenvalue weighted by Gasteiger charge is -2.20. The lowest BCUT2D eigenvalue weighted by molar-refractivity contribution is -0.148. The van der Waals surface area contributed by atoms with Gasteiger partial charge >= 0.3 is 5.97 Å². The van der Waals surface area contributed by atoms with Crippen LogP contribution in [-0.4, -0.2) is 23.7 Å². The predicted octanol–water partition coefficient (Wildman–Crippen LogP) is 2.15. The Morgan fingerprint density at radius 2 is 2.41 bits per heavy atom. The summed E-state index contributed by atoms with van der Waals surface area (Å²) in [7, 11) is 0. The van der Waals surface area contributed by atoms with Crippen LogP contribution in [0.25, 0.3) is 0 Å². The van der Waals surface area contributed by atoms with E-state index in [-0.39, 0.29) is 23.9 Å². The minimum Gasteiger partial charge on any atom is -0.488 e. The lowest BCUT2D eigenvalue weighted by Crippen LogP contribution is -2.28. The highest BCUT2D eigenvalue weighted by atomic mass is 16.5. The van der Waals surface area contributed by atoms with E-state index in [0.717, 1.165) is 11.4 Å². The molecule has 1 aromatic rings. The smallest absolute Gasteiger partial charge is 0.309 e. The third-order valence-corrected chi connectivity index (χ3v) is 3.13. The van der Waals surface area contributed by atoms with Gasteiger partial charge in [0.15, 0.2) is 0 Å². The van der Waals surface area contributed by atoms with E-state index in [0.29, 0.717) is 6.61 Å². The normalized spacial score (nSPS) is 23.7. The number of esters is 1. The molecule has 2 heterocycles. The summed E-state index contributed by atoms with van der Waals surface area (Å²) in [6.45, 7) is 6.04. The molecule has 0 N–H and O–H groups in total. The molecule has 3 atom stereocenters. The first-order valence-corrected chi connectivity index (χ1v) is 5.93. The Bertz CT molecular complexity index is 419. The number of hydrogen-bond acceptors (Lipinski definition) is 4. The minimum absolute atomic E-state index is 0.0229. The Hall–Kier alpha value is -1.58. The van der Waals surface area contributed by atoms with E-state index < -0.39 is 0 Å². The summed E-state index contributed by atoms with van der Waals surface area (Å²) in [6, 6.07) is 3.72. The Balaban J connectivity index is 2.24. The fourth-order valence-electron chi connectivity index (χ4n) is 2.31. The van der Waals surface area contributed by atoms with Gasteiger partial charge < -0.3 is 9.47 Å². The van der Waals surface area contributed by atoms with Crippen LogP contribution in [0.2, 0.25) is 0 Å². The van der Waals surface area contributed by atoms with Crippen LogP contribution in [0.15, 0.2) is 18.3 Å². The molecule has 0 saturated heterocycles. The second-order valence-corrected chi connectivity index (χ2v) is 4.28. The van der Waals surface area contributed by atoms with Crippen molar-refractivity contribution in [2.24, 2.45) is 5.92 Å². The summed E-state index contributed by atoms with van der Waals surface area (Å²) in [5, 5.41) is 0. The van der Waals surface area contributed by atoms with Crippen molar-refractivity contribution < 1.29 is 14.3 Å². The quantitative estimate of drug-likeness (QED) is 0.753. The van der Waals surface area contributed by atoms with Crippen LogP contribution in [0, 0.1) is 5.92 Å². The lowest BCUT2D eigenvalue weighted by atomic mass is 9.88. The molecule has 4 heteroatoms. The zero-order valence-electron chi connectivity index (χ0n) is 10.3. The second kappa shape index (κ2) is 4.73. The van der Waals surface area contributed by atoms with Gasteiger partial charge in [-0.2, -0.15) is 0 Å². The molecule has 0 amide bonds. The van der Waals surface area contributed by atoms with Crippen molar-refractivity contribution in [3.05, 3.63) is 24.0 Å². The third kappa shape index (κ3) is 2.12. The molecular formula is C13H17NO3. The Morgan fingerprint density at radius 1 is 1.65 bits per heavy atom. The Morgan fingerprint density at radius 3 is 3.12 bits per heavy atom. The summed E-state index contributed by atoms with van der Waals surface area (Å²) in [6.07, 6.45) is 1.68. The minimum atomic E-state index is -0.235. The largest absolute Gasteiger partial charge is 0.488 e. The van der Waals surface area contributed by atoms with E-state index in [1.807, 2.05) is 32.9 Å². The molecule has 1 aromatic heterocycles. The molecule has 0 unspecified atom stereocenters. The van der Waals surface area contributed by atoms with Gasteiger partial charge in [0, 0.05) is 6.20 Å². The molecule has 0 aliphatic carbocycles. The molecule has 0 aromatic carbocycles. The van der Waals surface area contributed by atoms with E-state index in [1.165, 1.54) is 0 Å².